The van der Waals surface area contributed by atoms with Gasteiger partial charge in [0.2, 0.25) is 5.91 Å². The molecular weight excluding hydrogens is 368 g/mol. The number of carbonyl (C=O) groups is 1. The minimum absolute atomic E-state index is 0.101. The molecule has 3 aromatic rings. The highest BCUT2D eigenvalue weighted by Crippen LogP contribution is 2.19. The van der Waals surface area contributed by atoms with Crippen LogP contribution in [0, 0.1) is 0 Å². The fourth-order valence-electron chi connectivity index (χ4n) is 3.04. The van der Waals surface area contributed by atoms with Crippen LogP contribution in [-0.4, -0.2) is 28.2 Å². The van der Waals surface area contributed by atoms with Gasteiger partial charge in [-0.05, 0) is 18.6 Å². The number of rotatable bonds is 8. The summed E-state index contributed by atoms with van der Waals surface area (Å²) < 4.78 is 5.32. The van der Waals surface area contributed by atoms with E-state index in [1.165, 1.54) is 0 Å². The van der Waals surface area contributed by atoms with Gasteiger partial charge in [0.15, 0.2) is 0 Å². The van der Waals surface area contributed by atoms with Crippen LogP contribution < -0.4 is 15.6 Å². The van der Waals surface area contributed by atoms with Gasteiger partial charge in [-0.3, -0.25) is 9.59 Å². The van der Waals surface area contributed by atoms with Crippen LogP contribution in [0.1, 0.15) is 42.0 Å². The number of aromatic amines is 1. The molecule has 3 rings (SSSR count). The maximum atomic E-state index is 12.3. The summed E-state index contributed by atoms with van der Waals surface area (Å²) in [6.07, 6.45) is 0.799. The molecule has 0 unspecified atom stereocenters. The van der Waals surface area contributed by atoms with Crippen molar-refractivity contribution in [3.63, 3.8) is 0 Å². The minimum atomic E-state index is -0.325. The van der Waals surface area contributed by atoms with Crippen LogP contribution >= 0.6 is 0 Å². The number of nitrogens with one attached hydrogen (secondary N) is 2. The Morgan fingerprint density at radius 3 is 2.55 bits per heavy atom. The molecule has 7 heteroatoms. The second kappa shape index (κ2) is 9.64. The third-order valence-electron chi connectivity index (χ3n) is 4.63. The predicted octanol–water partition coefficient (Wildman–Crippen LogP) is 2.57. The van der Waals surface area contributed by atoms with Crippen molar-refractivity contribution >= 4 is 5.91 Å². The van der Waals surface area contributed by atoms with E-state index in [4.69, 9.17) is 4.74 Å². The summed E-state index contributed by atoms with van der Waals surface area (Å²) in [4.78, 5) is 27.3. The van der Waals surface area contributed by atoms with E-state index in [-0.39, 0.29) is 36.0 Å². The van der Waals surface area contributed by atoms with E-state index < -0.39 is 0 Å². The number of hydrogen-bond donors (Lipinski definition) is 2. The Kier molecular flexibility index (Phi) is 6.73. The molecule has 1 atom stereocenters. The number of nitrogens with zero attached hydrogens (tertiary/aromatic N) is 2. The van der Waals surface area contributed by atoms with Gasteiger partial charge in [0.05, 0.1) is 13.2 Å². The van der Waals surface area contributed by atoms with Crippen LogP contribution in [0.15, 0.2) is 59.4 Å². The van der Waals surface area contributed by atoms with Crippen molar-refractivity contribution in [3.8, 4) is 5.75 Å². The van der Waals surface area contributed by atoms with Crippen LogP contribution in [0.2, 0.25) is 0 Å². The zero-order valence-corrected chi connectivity index (χ0v) is 16.5. The number of ether oxygens (including phenoxy) is 1. The highest BCUT2D eigenvalue weighted by molar-refractivity contribution is 5.76. The lowest BCUT2D eigenvalue weighted by molar-refractivity contribution is -0.121. The number of para-hydroxylation sites is 1. The molecule has 0 saturated carbocycles. The summed E-state index contributed by atoms with van der Waals surface area (Å²) in [7, 11) is 1.60. The standard InChI is InChI=1S/C22H24N4O3/c1-15(16-8-4-3-5-9-16)23-21(27)13-12-18-22(28)24-20(26-25-18)14-17-10-6-7-11-19(17)29-2/h3-11,15H,12-14H2,1-2H3,(H,23,27)(H,24,26,28)/t15-/m1/s1. The van der Waals surface area contributed by atoms with Crippen LogP contribution in [0.4, 0.5) is 0 Å². The van der Waals surface area contributed by atoms with Crippen molar-refractivity contribution < 1.29 is 9.53 Å². The smallest absolute Gasteiger partial charge is 0.272 e. The molecule has 0 bridgehead atoms. The average Bonchev–Trinajstić information content (AvgIpc) is 2.74. The lowest BCUT2D eigenvalue weighted by Gasteiger charge is -2.14. The van der Waals surface area contributed by atoms with E-state index in [0.717, 1.165) is 16.9 Å². The van der Waals surface area contributed by atoms with Gasteiger partial charge < -0.3 is 15.0 Å². The Labute approximate surface area is 169 Å². The summed E-state index contributed by atoms with van der Waals surface area (Å²) in [6, 6.07) is 17.1. The maximum Gasteiger partial charge on any atom is 0.272 e. The quantitative estimate of drug-likeness (QED) is 0.614. The number of amides is 1. The van der Waals surface area contributed by atoms with Crippen LogP contribution in [0.3, 0.4) is 0 Å². The first-order chi connectivity index (χ1) is 14.1. The molecule has 0 aliphatic heterocycles. The second-order valence-corrected chi connectivity index (χ2v) is 6.74. The van der Waals surface area contributed by atoms with E-state index in [2.05, 4.69) is 20.5 Å². The van der Waals surface area contributed by atoms with Crippen LogP contribution in [-0.2, 0) is 17.6 Å². The summed E-state index contributed by atoms with van der Waals surface area (Å²) in [5.74, 6) is 1.04. The molecular formula is C22H24N4O3. The molecule has 1 aromatic heterocycles. The molecule has 0 spiro atoms. The molecule has 1 heterocycles. The van der Waals surface area contributed by atoms with Gasteiger partial charge >= 0.3 is 0 Å². The van der Waals surface area contributed by atoms with Gasteiger partial charge in [0, 0.05) is 24.8 Å². The van der Waals surface area contributed by atoms with E-state index in [1.807, 2.05) is 61.5 Å². The van der Waals surface area contributed by atoms with Crippen LogP contribution in [0.25, 0.3) is 0 Å². The van der Waals surface area contributed by atoms with E-state index in [1.54, 1.807) is 7.11 Å². The molecule has 2 aromatic carbocycles. The average molecular weight is 392 g/mol. The molecule has 29 heavy (non-hydrogen) atoms. The Hall–Kier alpha value is -3.48. The van der Waals surface area contributed by atoms with E-state index >= 15 is 0 Å². The van der Waals surface area contributed by atoms with Crippen molar-refractivity contribution in [1.29, 1.82) is 0 Å². The van der Waals surface area contributed by atoms with Gasteiger partial charge in [-0.1, -0.05) is 48.5 Å². The second-order valence-electron chi connectivity index (χ2n) is 6.74. The lowest BCUT2D eigenvalue weighted by atomic mass is 10.1. The van der Waals surface area contributed by atoms with Gasteiger partial charge in [-0.15, -0.1) is 10.2 Å². The summed E-state index contributed by atoms with van der Waals surface area (Å²) in [6.45, 7) is 1.92. The first-order valence-electron chi connectivity index (χ1n) is 9.47. The highest BCUT2D eigenvalue weighted by Gasteiger charge is 2.12. The topological polar surface area (TPSA) is 97.0 Å². The molecule has 1 amide bonds. The number of hydrogen-bond acceptors (Lipinski definition) is 5. The maximum absolute atomic E-state index is 12.3. The molecule has 0 aliphatic rings. The first kappa shape index (κ1) is 20.3. The third kappa shape index (κ3) is 5.51. The first-order valence-corrected chi connectivity index (χ1v) is 9.47. The third-order valence-corrected chi connectivity index (χ3v) is 4.63. The summed E-state index contributed by atoms with van der Waals surface area (Å²) in [5, 5.41) is 11.1. The number of H-pyrrole nitrogens is 1. The number of carbonyl (C=O) groups excluding carboxylic acids is 1. The Bertz CT molecular complexity index is 1020. The Balaban J connectivity index is 1.58. The molecule has 0 aliphatic carbocycles. The molecule has 0 fully saturated rings. The number of benzene rings is 2. The Morgan fingerprint density at radius 1 is 1.10 bits per heavy atom. The van der Waals surface area contributed by atoms with E-state index in [9.17, 15) is 9.59 Å². The van der Waals surface area contributed by atoms with Crippen molar-refractivity contribution in [2.45, 2.75) is 32.2 Å². The summed E-state index contributed by atoms with van der Waals surface area (Å²) >= 11 is 0. The predicted molar refractivity (Wildman–Crippen MR) is 110 cm³/mol. The zero-order chi connectivity index (χ0) is 20.6. The monoisotopic (exact) mass is 392 g/mol. The van der Waals surface area contributed by atoms with Gasteiger partial charge in [0.1, 0.15) is 17.3 Å². The molecule has 0 radical (unpaired) electrons. The van der Waals surface area contributed by atoms with Crippen LogP contribution in [0.5, 0.6) is 5.75 Å². The van der Waals surface area contributed by atoms with Gasteiger partial charge in [-0.25, -0.2) is 0 Å². The van der Waals surface area contributed by atoms with Crippen molar-refractivity contribution in [2.75, 3.05) is 7.11 Å². The van der Waals surface area contributed by atoms with Crippen molar-refractivity contribution in [2.24, 2.45) is 0 Å². The lowest BCUT2D eigenvalue weighted by Crippen LogP contribution is -2.28. The molecule has 7 nitrogen and oxygen atoms in total. The van der Waals surface area contributed by atoms with Gasteiger partial charge in [-0.2, -0.15) is 0 Å². The zero-order valence-electron chi connectivity index (χ0n) is 16.5. The van der Waals surface area contributed by atoms with Crippen molar-refractivity contribution in [1.82, 2.24) is 20.5 Å². The fraction of sp³-hybridized carbons (Fsp3) is 0.273. The summed E-state index contributed by atoms with van der Waals surface area (Å²) in [5.41, 5.74) is 1.85. The normalized spacial score (nSPS) is 11.7. The SMILES string of the molecule is COc1ccccc1Cc1nnc(CCC(=O)N[C@H](C)c2ccccc2)c(=O)[nH]1. The number of aromatic nitrogens is 3. The minimum Gasteiger partial charge on any atom is -0.496 e. The number of methoxy groups -OCH3 is 1. The number of aryl methyl sites for hydroxylation is 1. The highest BCUT2D eigenvalue weighted by atomic mass is 16.5. The molecule has 150 valence electrons. The Morgan fingerprint density at radius 2 is 1.83 bits per heavy atom. The fourth-order valence-corrected chi connectivity index (χ4v) is 3.04. The van der Waals surface area contributed by atoms with E-state index in [0.29, 0.717) is 12.2 Å². The molecule has 2 N–H and O–H groups in total. The van der Waals surface area contributed by atoms with Crippen molar-refractivity contribution in [3.05, 3.63) is 87.6 Å². The largest absolute Gasteiger partial charge is 0.496 e. The van der Waals surface area contributed by atoms with Gasteiger partial charge in [0.25, 0.3) is 5.56 Å². The molecule has 0 saturated heterocycles.